The standard InChI is InChI=1S/C22H28N2O5/c25-17(12-14-8-4-3-5-9-14)24-23-13-16-15(10-6-1-2-7-11-18(26)27)19-21-22(29-21)20(16)28-19/h1,3-6,8-9,15-16,19-23H,2,7,10-13H2,(H,24,25)(H,26,27)/b6-1-/t15-,16+,19+,20-,21-,22+/m0/s1. The molecule has 3 saturated heterocycles. The molecule has 7 nitrogen and oxygen atoms in total. The zero-order chi connectivity index (χ0) is 20.2. The number of ether oxygens (including phenoxy) is 2. The van der Waals surface area contributed by atoms with E-state index in [1.807, 2.05) is 30.3 Å². The maximum atomic E-state index is 12.1. The number of hydrogen-bond acceptors (Lipinski definition) is 5. The Morgan fingerprint density at radius 3 is 2.48 bits per heavy atom. The third-order valence-electron chi connectivity index (χ3n) is 6.03. The molecule has 0 spiro atoms. The number of hydrazine groups is 1. The van der Waals surface area contributed by atoms with E-state index in [2.05, 4.69) is 23.0 Å². The number of unbranched alkanes of at least 4 members (excludes halogenated alkanes) is 1. The van der Waals surface area contributed by atoms with Gasteiger partial charge in [0.05, 0.1) is 18.6 Å². The van der Waals surface area contributed by atoms with Crippen molar-refractivity contribution in [1.29, 1.82) is 0 Å². The third kappa shape index (κ3) is 4.86. The van der Waals surface area contributed by atoms with Crippen LogP contribution in [-0.4, -0.2) is 47.9 Å². The molecule has 1 aromatic carbocycles. The number of hydrogen-bond donors (Lipinski definition) is 3. The fraction of sp³-hybridized carbons (Fsp3) is 0.545. The first kappa shape index (κ1) is 20.1. The number of epoxide rings is 1. The summed E-state index contributed by atoms with van der Waals surface area (Å²) < 4.78 is 11.9. The SMILES string of the molecule is O=C(O)CCC/C=C\C[C@H]1[C@@H](CNNC(=O)Cc2ccccc2)[C@@H]2O[C@H]1[C@@H]1O[C@@H]12. The van der Waals surface area contributed by atoms with Crippen molar-refractivity contribution in [3.8, 4) is 0 Å². The van der Waals surface area contributed by atoms with Gasteiger partial charge in [-0.2, -0.15) is 0 Å². The molecule has 3 heterocycles. The molecule has 0 saturated carbocycles. The van der Waals surface area contributed by atoms with Gasteiger partial charge >= 0.3 is 5.97 Å². The Bertz CT molecular complexity index is 753. The summed E-state index contributed by atoms with van der Waals surface area (Å²) in [6.07, 6.45) is 7.71. The van der Waals surface area contributed by atoms with Crippen molar-refractivity contribution in [3.63, 3.8) is 0 Å². The largest absolute Gasteiger partial charge is 0.481 e. The average molecular weight is 400 g/mol. The smallest absolute Gasteiger partial charge is 0.303 e. The van der Waals surface area contributed by atoms with Gasteiger partial charge in [-0.15, -0.1) is 0 Å². The number of allylic oxidation sites excluding steroid dienone is 2. The van der Waals surface area contributed by atoms with E-state index in [0.717, 1.165) is 18.4 Å². The lowest BCUT2D eigenvalue weighted by molar-refractivity contribution is -0.137. The molecule has 156 valence electrons. The van der Waals surface area contributed by atoms with Crippen LogP contribution >= 0.6 is 0 Å². The number of carboxylic acids is 1. The molecule has 0 radical (unpaired) electrons. The Labute approximate surface area is 170 Å². The van der Waals surface area contributed by atoms with E-state index in [4.69, 9.17) is 14.6 Å². The van der Waals surface area contributed by atoms with Crippen LogP contribution < -0.4 is 10.9 Å². The van der Waals surface area contributed by atoms with Gasteiger partial charge in [0.25, 0.3) is 0 Å². The minimum absolute atomic E-state index is 0.0595. The number of nitrogens with one attached hydrogen (secondary N) is 2. The summed E-state index contributed by atoms with van der Waals surface area (Å²) in [7, 11) is 0. The maximum absolute atomic E-state index is 12.1. The van der Waals surface area contributed by atoms with Gasteiger partial charge < -0.3 is 14.6 Å². The molecular weight excluding hydrogens is 372 g/mol. The minimum Gasteiger partial charge on any atom is -0.481 e. The number of carboxylic acid groups (broad SMARTS) is 1. The lowest BCUT2D eigenvalue weighted by atomic mass is 9.77. The predicted octanol–water partition coefficient (Wildman–Crippen LogP) is 1.83. The number of benzene rings is 1. The second kappa shape index (κ2) is 9.07. The van der Waals surface area contributed by atoms with Gasteiger partial charge in [-0.25, -0.2) is 5.43 Å². The van der Waals surface area contributed by atoms with Crippen molar-refractivity contribution in [2.45, 2.75) is 56.5 Å². The lowest BCUT2D eigenvalue weighted by Gasteiger charge is -2.25. The normalized spacial score (nSPS) is 31.7. The Morgan fingerprint density at radius 2 is 1.72 bits per heavy atom. The van der Waals surface area contributed by atoms with Crippen LogP contribution in [-0.2, 0) is 25.5 Å². The number of carbonyl (C=O) groups is 2. The predicted molar refractivity (Wildman–Crippen MR) is 106 cm³/mol. The molecule has 1 aromatic rings. The van der Waals surface area contributed by atoms with Crippen LogP contribution in [0.25, 0.3) is 0 Å². The second-order valence-corrected chi connectivity index (χ2v) is 8.04. The second-order valence-electron chi connectivity index (χ2n) is 8.04. The van der Waals surface area contributed by atoms with Crippen LogP contribution in [0.15, 0.2) is 42.5 Å². The molecule has 0 aliphatic carbocycles. The fourth-order valence-corrected chi connectivity index (χ4v) is 4.59. The van der Waals surface area contributed by atoms with E-state index in [1.165, 1.54) is 0 Å². The van der Waals surface area contributed by atoms with Gasteiger partial charge in [-0.1, -0.05) is 42.5 Å². The molecule has 3 aliphatic rings. The van der Waals surface area contributed by atoms with E-state index in [0.29, 0.717) is 25.3 Å². The van der Waals surface area contributed by atoms with Gasteiger partial charge in [-0.05, 0) is 30.7 Å². The van der Waals surface area contributed by atoms with Crippen LogP contribution in [0.4, 0.5) is 0 Å². The summed E-state index contributed by atoms with van der Waals surface area (Å²) >= 11 is 0. The zero-order valence-electron chi connectivity index (χ0n) is 16.3. The highest BCUT2D eigenvalue weighted by Crippen LogP contribution is 2.54. The molecule has 7 heteroatoms. The van der Waals surface area contributed by atoms with Gasteiger partial charge in [0.15, 0.2) is 0 Å². The average Bonchev–Trinajstić information content (AvgIpc) is 3.33. The zero-order valence-corrected chi connectivity index (χ0v) is 16.3. The first-order valence-electron chi connectivity index (χ1n) is 10.4. The van der Waals surface area contributed by atoms with E-state index < -0.39 is 5.97 Å². The minimum atomic E-state index is -0.753. The molecule has 4 rings (SSSR count). The highest BCUT2D eigenvalue weighted by molar-refractivity contribution is 5.78. The molecule has 6 atom stereocenters. The summed E-state index contributed by atoms with van der Waals surface area (Å²) in [5.74, 6) is -0.185. The van der Waals surface area contributed by atoms with Gasteiger partial charge in [0, 0.05) is 18.9 Å². The van der Waals surface area contributed by atoms with Gasteiger partial charge in [-0.3, -0.25) is 15.0 Å². The Morgan fingerprint density at radius 1 is 1.00 bits per heavy atom. The molecule has 29 heavy (non-hydrogen) atoms. The topological polar surface area (TPSA) is 100 Å². The van der Waals surface area contributed by atoms with Crippen LogP contribution in [0, 0.1) is 11.8 Å². The molecule has 3 N–H and O–H groups in total. The highest BCUT2D eigenvalue weighted by atomic mass is 16.7. The summed E-state index contributed by atoms with van der Waals surface area (Å²) in [5, 5.41) is 8.70. The lowest BCUT2D eigenvalue weighted by Crippen LogP contribution is -2.46. The van der Waals surface area contributed by atoms with E-state index >= 15 is 0 Å². The number of rotatable bonds is 11. The summed E-state index contributed by atoms with van der Waals surface area (Å²) in [6.45, 7) is 0.645. The Hall–Kier alpha value is -2.22. The van der Waals surface area contributed by atoms with Gasteiger partial charge in [0.2, 0.25) is 5.91 Å². The Balaban J connectivity index is 1.23. The molecule has 2 bridgehead atoms. The van der Waals surface area contributed by atoms with E-state index in [9.17, 15) is 9.59 Å². The van der Waals surface area contributed by atoms with Crippen LogP contribution in [0.1, 0.15) is 31.2 Å². The third-order valence-corrected chi connectivity index (χ3v) is 6.03. The molecule has 0 aromatic heterocycles. The van der Waals surface area contributed by atoms with Crippen molar-refractivity contribution in [3.05, 3.63) is 48.0 Å². The monoisotopic (exact) mass is 400 g/mol. The number of carbonyl (C=O) groups excluding carboxylic acids is 1. The van der Waals surface area contributed by atoms with E-state index in [-0.39, 0.29) is 42.7 Å². The van der Waals surface area contributed by atoms with Crippen molar-refractivity contribution < 1.29 is 24.2 Å². The fourth-order valence-electron chi connectivity index (χ4n) is 4.59. The summed E-state index contributed by atoms with van der Waals surface area (Å²) in [5.41, 5.74) is 6.88. The number of amides is 1. The quantitative estimate of drug-likeness (QED) is 0.227. The first-order valence-corrected chi connectivity index (χ1v) is 10.4. The molecule has 3 aliphatic heterocycles. The summed E-state index contributed by atoms with van der Waals surface area (Å²) in [6, 6.07) is 9.66. The van der Waals surface area contributed by atoms with Crippen molar-refractivity contribution in [2.24, 2.45) is 11.8 Å². The number of aliphatic carboxylic acids is 1. The maximum Gasteiger partial charge on any atom is 0.303 e. The van der Waals surface area contributed by atoms with E-state index in [1.54, 1.807) is 0 Å². The van der Waals surface area contributed by atoms with Crippen LogP contribution in [0.2, 0.25) is 0 Å². The number of fused-ring (bicyclic) bond motifs is 5. The highest BCUT2D eigenvalue weighted by Gasteiger charge is 2.68. The van der Waals surface area contributed by atoms with Gasteiger partial charge in [0.1, 0.15) is 12.2 Å². The van der Waals surface area contributed by atoms with Crippen LogP contribution in [0.3, 0.4) is 0 Å². The van der Waals surface area contributed by atoms with Crippen molar-refractivity contribution >= 4 is 11.9 Å². The Kier molecular flexibility index (Phi) is 6.28. The molecular formula is C22H28N2O5. The molecule has 0 unspecified atom stereocenters. The first-order chi connectivity index (χ1) is 14.1. The van der Waals surface area contributed by atoms with Crippen molar-refractivity contribution in [2.75, 3.05) is 6.54 Å². The molecule has 1 amide bonds. The summed E-state index contributed by atoms with van der Waals surface area (Å²) in [4.78, 5) is 22.7. The van der Waals surface area contributed by atoms with Crippen molar-refractivity contribution in [1.82, 2.24) is 10.9 Å². The van der Waals surface area contributed by atoms with Crippen LogP contribution in [0.5, 0.6) is 0 Å². The molecule has 3 fully saturated rings.